The summed E-state index contributed by atoms with van der Waals surface area (Å²) >= 11 is 0. The highest BCUT2D eigenvalue weighted by Crippen LogP contribution is 2.53. The molecule has 6 nitrogen and oxygen atoms in total. The first-order chi connectivity index (χ1) is 31.2. The summed E-state index contributed by atoms with van der Waals surface area (Å²) < 4.78 is 11.5. The number of aromatic nitrogens is 5. The molecule has 0 saturated heterocycles. The van der Waals surface area contributed by atoms with Gasteiger partial charge in [0.2, 0.25) is 5.95 Å². The minimum atomic E-state index is -0.193. The van der Waals surface area contributed by atoms with Crippen molar-refractivity contribution in [3.05, 3.63) is 223 Å². The number of hydrogen-bond donors (Lipinski definition) is 0. The fourth-order valence-electron chi connectivity index (χ4n) is 9.88. The van der Waals surface area contributed by atoms with Gasteiger partial charge < -0.3 is 9.30 Å². The molecule has 0 amide bonds. The maximum atomic E-state index is 6.98. The predicted octanol–water partition coefficient (Wildman–Crippen LogP) is 13.8. The Labute approximate surface area is 363 Å². The first kappa shape index (κ1) is 35.4. The van der Waals surface area contributed by atoms with Gasteiger partial charge in [-0.1, -0.05) is 152 Å². The Morgan fingerprint density at radius 1 is 0.413 bits per heavy atom. The lowest BCUT2D eigenvalue weighted by Gasteiger charge is -2.22. The molecule has 0 fully saturated rings. The molecule has 1 aliphatic carbocycles. The van der Waals surface area contributed by atoms with Crippen LogP contribution in [0.2, 0.25) is 0 Å². The van der Waals surface area contributed by atoms with E-state index in [9.17, 15) is 0 Å². The molecule has 63 heavy (non-hydrogen) atoms. The van der Waals surface area contributed by atoms with Gasteiger partial charge in [0.25, 0.3) is 0 Å². The van der Waals surface area contributed by atoms with Crippen molar-refractivity contribution in [1.29, 1.82) is 0 Å². The van der Waals surface area contributed by atoms with E-state index in [-0.39, 0.29) is 12.0 Å². The van der Waals surface area contributed by atoms with Crippen LogP contribution in [-0.2, 0) is 0 Å². The van der Waals surface area contributed by atoms with E-state index in [0.29, 0.717) is 17.6 Å². The summed E-state index contributed by atoms with van der Waals surface area (Å²) in [6.45, 7) is 0. The molecule has 2 atom stereocenters. The largest absolute Gasteiger partial charge is 0.484 e. The molecule has 6 heteroatoms. The van der Waals surface area contributed by atoms with Crippen molar-refractivity contribution < 1.29 is 4.74 Å². The van der Waals surface area contributed by atoms with Gasteiger partial charge >= 0.3 is 0 Å². The first-order valence-electron chi connectivity index (χ1n) is 21.4. The average Bonchev–Trinajstić information content (AvgIpc) is 4.02. The van der Waals surface area contributed by atoms with E-state index in [4.69, 9.17) is 19.7 Å². The lowest BCUT2D eigenvalue weighted by Crippen LogP contribution is -2.13. The molecule has 4 heterocycles. The van der Waals surface area contributed by atoms with Crippen LogP contribution in [0.3, 0.4) is 0 Å². The molecule has 8 aromatic carbocycles. The molecule has 11 aromatic rings. The Morgan fingerprint density at radius 3 is 1.63 bits per heavy atom. The standard InChI is InChI=1S/C57H37N5O/c1-3-15-36(16-4-1)38-19-13-21-40(33-38)55-58-56(60-57(59-55)62-48-26-10-7-23-43(48)44-24-8-11-27-49(44)62)41-29-32-52-47(35-41)45-30-31-51-53(54(45)63-52)46-25-9-12-28-50(46)61(51)42-22-14-20-39(34-42)37-17-5-2-6-18-37/h1-35,45,54H. The molecule has 296 valence electrons. The third-order valence-electron chi connectivity index (χ3n) is 12.7. The highest BCUT2D eigenvalue weighted by atomic mass is 16.5. The maximum Gasteiger partial charge on any atom is 0.238 e. The fourth-order valence-corrected chi connectivity index (χ4v) is 9.88. The minimum Gasteiger partial charge on any atom is -0.484 e. The lowest BCUT2D eigenvalue weighted by molar-refractivity contribution is 0.224. The van der Waals surface area contributed by atoms with Crippen LogP contribution in [0.15, 0.2) is 206 Å². The molecule has 0 saturated carbocycles. The number of benzene rings is 8. The van der Waals surface area contributed by atoms with Crippen molar-refractivity contribution in [3.8, 4) is 62.4 Å². The van der Waals surface area contributed by atoms with Gasteiger partial charge in [0.1, 0.15) is 11.9 Å². The average molecular weight is 808 g/mol. The molecule has 1 aliphatic heterocycles. The number of fused-ring (bicyclic) bond motifs is 10. The fraction of sp³-hybridized carbons (Fsp3) is 0.0351. The van der Waals surface area contributed by atoms with Crippen molar-refractivity contribution in [3.63, 3.8) is 0 Å². The summed E-state index contributed by atoms with van der Waals surface area (Å²) in [4.78, 5) is 15.8. The Morgan fingerprint density at radius 2 is 0.952 bits per heavy atom. The number of ether oxygens (including phenoxy) is 1. The number of rotatable bonds is 6. The van der Waals surface area contributed by atoms with Crippen LogP contribution in [-0.4, -0.2) is 24.1 Å². The molecule has 13 rings (SSSR count). The van der Waals surface area contributed by atoms with Crippen molar-refractivity contribution >= 4 is 38.8 Å². The molecule has 0 spiro atoms. The minimum absolute atomic E-state index is 0.00280. The van der Waals surface area contributed by atoms with Gasteiger partial charge in [-0.25, -0.2) is 4.98 Å². The maximum absolute atomic E-state index is 6.98. The third kappa shape index (κ3) is 5.69. The zero-order chi connectivity index (χ0) is 41.4. The summed E-state index contributed by atoms with van der Waals surface area (Å²) in [7, 11) is 0. The van der Waals surface area contributed by atoms with Crippen LogP contribution in [0.5, 0.6) is 5.75 Å². The highest BCUT2D eigenvalue weighted by molar-refractivity contribution is 6.09. The van der Waals surface area contributed by atoms with Crippen LogP contribution in [0.1, 0.15) is 28.8 Å². The van der Waals surface area contributed by atoms with Crippen LogP contribution < -0.4 is 4.74 Å². The molecule has 0 radical (unpaired) electrons. The molecular weight excluding hydrogens is 771 g/mol. The number of para-hydroxylation sites is 3. The van der Waals surface area contributed by atoms with Gasteiger partial charge in [-0.2, -0.15) is 9.97 Å². The first-order valence-corrected chi connectivity index (χ1v) is 21.4. The smallest absolute Gasteiger partial charge is 0.238 e. The van der Waals surface area contributed by atoms with E-state index in [1.54, 1.807) is 0 Å². The summed E-state index contributed by atoms with van der Waals surface area (Å²) in [6, 6.07) is 70.3. The summed E-state index contributed by atoms with van der Waals surface area (Å²) in [5, 5.41) is 3.50. The van der Waals surface area contributed by atoms with Gasteiger partial charge in [-0.05, 0) is 82.9 Å². The summed E-state index contributed by atoms with van der Waals surface area (Å²) in [5.74, 6) is 2.65. The SMILES string of the molecule is C1=CC2c3cc(-c4nc(-c5cccc(-c6ccccc6)c5)nc(-n5c6ccccc6c6ccccc65)n4)ccc3OC2c2c1n(-c1cccc(-c3ccccc3)c1)c1ccccc21. The molecule has 2 unspecified atom stereocenters. The number of nitrogens with zero attached hydrogens (tertiary/aromatic N) is 5. The number of hydrogen-bond acceptors (Lipinski definition) is 4. The van der Waals surface area contributed by atoms with Crippen molar-refractivity contribution in [2.45, 2.75) is 12.0 Å². The molecule has 0 bridgehead atoms. The Kier molecular flexibility index (Phi) is 7.93. The van der Waals surface area contributed by atoms with Crippen LogP contribution >= 0.6 is 0 Å². The van der Waals surface area contributed by atoms with E-state index in [1.807, 2.05) is 6.07 Å². The molecule has 3 aromatic heterocycles. The Hall–Kier alpha value is -8.35. The van der Waals surface area contributed by atoms with E-state index < -0.39 is 0 Å². The lowest BCUT2D eigenvalue weighted by atomic mass is 9.85. The monoisotopic (exact) mass is 807 g/mol. The van der Waals surface area contributed by atoms with Crippen LogP contribution in [0.4, 0.5) is 0 Å². The van der Waals surface area contributed by atoms with Crippen molar-refractivity contribution in [1.82, 2.24) is 24.1 Å². The zero-order valence-corrected chi connectivity index (χ0v) is 34.0. The van der Waals surface area contributed by atoms with Gasteiger partial charge in [0.15, 0.2) is 11.6 Å². The third-order valence-corrected chi connectivity index (χ3v) is 12.7. The molecular formula is C57H37N5O. The normalized spacial score (nSPS) is 15.0. The molecule has 2 aliphatic rings. The van der Waals surface area contributed by atoms with Gasteiger partial charge in [0.05, 0.1) is 22.2 Å². The van der Waals surface area contributed by atoms with Gasteiger partial charge in [-0.3, -0.25) is 4.57 Å². The molecule has 0 N–H and O–H groups in total. The van der Waals surface area contributed by atoms with E-state index in [0.717, 1.165) is 72.3 Å². The second kappa shape index (κ2) is 14.1. The van der Waals surface area contributed by atoms with Crippen LogP contribution in [0, 0.1) is 0 Å². The van der Waals surface area contributed by atoms with Crippen molar-refractivity contribution in [2.75, 3.05) is 0 Å². The van der Waals surface area contributed by atoms with E-state index in [2.05, 4.69) is 215 Å². The quantitative estimate of drug-likeness (QED) is 0.168. The predicted molar refractivity (Wildman–Crippen MR) is 254 cm³/mol. The highest BCUT2D eigenvalue weighted by Gasteiger charge is 2.40. The zero-order valence-electron chi connectivity index (χ0n) is 34.0. The van der Waals surface area contributed by atoms with E-state index in [1.165, 1.54) is 22.1 Å². The van der Waals surface area contributed by atoms with Gasteiger partial charge in [0, 0.05) is 50.0 Å². The van der Waals surface area contributed by atoms with Crippen molar-refractivity contribution in [2.24, 2.45) is 0 Å². The second-order valence-electron chi connectivity index (χ2n) is 16.3. The Balaban J connectivity index is 0.947. The van der Waals surface area contributed by atoms with E-state index >= 15 is 0 Å². The summed E-state index contributed by atoms with van der Waals surface area (Å²) in [6.07, 6.45) is 4.41. The second-order valence-corrected chi connectivity index (χ2v) is 16.3. The topological polar surface area (TPSA) is 57.8 Å². The van der Waals surface area contributed by atoms with Crippen LogP contribution in [0.25, 0.3) is 95.5 Å². The summed E-state index contributed by atoms with van der Waals surface area (Å²) in [5.41, 5.74) is 14.3. The van der Waals surface area contributed by atoms with Gasteiger partial charge in [-0.15, -0.1) is 0 Å². The Bertz CT molecular complexity index is 3570.